The van der Waals surface area contributed by atoms with E-state index in [1.807, 2.05) is 30.5 Å². The van der Waals surface area contributed by atoms with Crippen molar-refractivity contribution in [1.82, 2.24) is 23.7 Å². The maximum absolute atomic E-state index is 5.18. The van der Waals surface area contributed by atoms with Crippen molar-refractivity contribution < 1.29 is 0 Å². The summed E-state index contributed by atoms with van der Waals surface area (Å²) in [6, 6.07) is 40.4. The van der Waals surface area contributed by atoms with Crippen LogP contribution in [0.3, 0.4) is 0 Å². The Hall–Kier alpha value is -5.42. The summed E-state index contributed by atoms with van der Waals surface area (Å²) in [6.07, 6.45) is 5.96. The molecule has 0 aliphatic rings. The molecule has 4 aromatic heterocycles. The van der Waals surface area contributed by atoms with Gasteiger partial charge in [-0.3, -0.25) is 4.98 Å². The highest BCUT2D eigenvalue weighted by atomic mass is 15.1. The summed E-state index contributed by atoms with van der Waals surface area (Å²) < 4.78 is 6.67. The normalized spacial score (nSPS) is 11.6. The van der Waals surface area contributed by atoms with E-state index < -0.39 is 0 Å². The minimum Gasteiger partial charge on any atom is -0.327 e. The van der Waals surface area contributed by atoms with Crippen LogP contribution in [0.1, 0.15) is 0 Å². The van der Waals surface area contributed by atoms with Crippen LogP contribution in [-0.2, 0) is 7.05 Å². The maximum Gasteiger partial charge on any atom is 0.141 e. The first-order chi connectivity index (χ1) is 19.8. The van der Waals surface area contributed by atoms with Crippen LogP contribution in [-0.4, -0.2) is 23.7 Å². The number of pyridine rings is 1. The van der Waals surface area contributed by atoms with Gasteiger partial charge < -0.3 is 13.7 Å². The first-order valence-corrected chi connectivity index (χ1v) is 13.4. The summed E-state index contributed by atoms with van der Waals surface area (Å²) in [5.74, 6) is 0.940. The summed E-state index contributed by atoms with van der Waals surface area (Å²) >= 11 is 0. The van der Waals surface area contributed by atoms with Gasteiger partial charge in [-0.2, -0.15) is 0 Å². The molecule has 0 aliphatic carbocycles. The average molecular weight is 516 g/mol. The van der Waals surface area contributed by atoms with Crippen molar-refractivity contribution in [2.24, 2.45) is 7.05 Å². The highest BCUT2D eigenvalue weighted by molar-refractivity contribution is 6.10. The zero-order chi connectivity index (χ0) is 26.6. The molecule has 0 amide bonds. The third-order valence-corrected chi connectivity index (χ3v) is 7.77. The molecule has 5 nitrogen and oxygen atoms in total. The van der Waals surface area contributed by atoms with E-state index in [-0.39, 0.29) is 0 Å². The highest BCUT2D eigenvalue weighted by Gasteiger charge is 2.17. The van der Waals surface area contributed by atoms with Crippen LogP contribution in [0.5, 0.6) is 0 Å². The van der Waals surface area contributed by atoms with Crippen LogP contribution in [0, 0.1) is 0 Å². The second-order valence-electron chi connectivity index (χ2n) is 10.1. The molecular weight excluding hydrogens is 490 g/mol. The molecule has 0 aliphatic heterocycles. The first kappa shape index (κ1) is 22.6. The fourth-order valence-corrected chi connectivity index (χ4v) is 5.89. The minimum atomic E-state index is 0.940. The SMILES string of the molecule is Cn1c(-c2ccc3c4ccccc4n(-c4cccc(-c5ccccn5)c4)c3c2)nc2c(-n3cccc3)cccc21. The first-order valence-electron chi connectivity index (χ1n) is 13.4. The third kappa shape index (κ3) is 3.41. The quantitative estimate of drug-likeness (QED) is 0.237. The monoisotopic (exact) mass is 515 g/mol. The van der Waals surface area contributed by atoms with Crippen molar-refractivity contribution in [2.45, 2.75) is 0 Å². The molecule has 0 unspecified atom stereocenters. The minimum absolute atomic E-state index is 0.940. The smallest absolute Gasteiger partial charge is 0.141 e. The molecule has 190 valence electrons. The predicted molar refractivity (Wildman–Crippen MR) is 163 cm³/mol. The predicted octanol–water partition coefficient (Wildman–Crippen LogP) is 8.19. The summed E-state index contributed by atoms with van der Waals surface area (Å²) in [4.78, 5) is 9.76. The van der Waals surface area contributed by atoms with Gasteiger partial charge >= 0.3 is 0 Å². The molecule has 5 heteroatoms. The molecule has 0 atom stereocenters. The van der Waals surface area contributed by atoms with Gasteiger partial charge in [0, 0.05) is 53.2 Å². The van der Waals surface area contributed by atoms with Gasteiger partial charge in [0.2, 0.25) is 0 Å². The number of aryl methyl sites for hydroxylation is 1. The molecule has 0 fully saturated rings. The Labute approximate surface area is 231 Å². The molecule has 0 spiro atoms. The second kappa shape index (κ2) is 8.82. The van der Waals surface area contributed by atoms with Crippen molar-refractivity contribution in [3.63, 3.8) is 0 Å². The molecule has 4 heterocycles. The van der Waals surface area contributed by atoms with Crippen LogP contribution in [0.4, 0.5) is 0 Å². The standard InChI is InChI=1S/C35H25N5/c1-38-31-15-9-16-32(39-20-6-7-21-39)34(31)37-35(38)25-17-18-28-27-12-2-3-14-30(27)40(33(28)23-25)26-11-8-10-24(22-26)29-13-4-5-19-36-29/h2-23H,1H3. The number of hydrogen-bond donors (Lipinski definition) is 0. The number of benzene rings is 4. The Morgan fingerprint density at radius 3 is 2.27 bits per heavy atom. The maximum atomic E-state index is 5.18. The molecule has 4 aromatic carbocycles. The summed E-state index contributed by atoms with van der Waals surface area (Å²) in [5.41, 5.74) is 9.72. The third-order valence-electron chi connectivity index (χ3n) is 7.77. The fourth-order valence-electron chi connectivity index (χ4n) is 5.89. The lowest BCUT2D eigenvalue weighted by Crippen LogP contribution is -1.96. The van der Waals surface area contributed by atoms with Gasteiger partial charge in [-0.1, -0.05) is 54.6 Å². The lowest BCUT2D eigenvalue weighted by molar-refractivity contribution is 0.959. The van der Waals surface area contributed by atoms with E-state index >= 15 is 0 Å². The van der Waals surface area contributed by atoms with Gasteiger partial charge in [-0.15, -0.1) is 0 Å². The molecule has 0 N–H and O–H groups in total. The summed E-state index contributed by atoms with van der Waals surface area (Å²) in [7, 11) is 2.10. The molecular formula is C35H25N5. The molecule has 8 aromatic rings. The molecule has 0 saturated heterocycles. The summed E-state index contributed by atoms with van der Waals surface area (Å²) in [5, 5.41) is 2.45. The Balaban J connectivity index is 1.36. The molecule has 8 rings (SSSR count). The largest absolute Gasteiger partial charge is 0.327 e. The topological polar surface area (TPSA) is 40.6 Å². The Kier molecular flexibility index (Phi) is 4.97. The number of imidazole rings is 1. The molecule has 0 saturated carbocycles. The van der Waals surface area contributed by atoms with Gasteiger partial charge in [0.25, 0.3) is 0 Å². The summed E-state index contributed by atoms with van der Waals surface area (Å²) in [6.45, 7) is 0. The Morgan fingerprint density at radius 2 is 1.40 bits per heavy atom. The van der Waals surface area contributed by atoms with E-state index in [1.54, 1.807) is 0 Å². The van der Waals surface area contributed by atoms with E-state index in [4.69, 9.17) is 4.98 Å². The zero-order valence-corrected chi connectivity index (χ0v) is 21.9. The van der Waals surface area contributed by atoms with E-state index in [2.05, 4.69) is 129 Å². The number of fused-ring (bicyclic) bond motifs is 4. The average Bonchev–Trinajstić information content (AvgIpc) is 3.74. The highest BCUT2D eigenvalue weighted by Crippen LogP contribution is 2.36. The van der Waals surface area contributed by atoms with Gasteiger partial charge in [0.1, 0.15) is 11.3 Å². The van der Waals surface area contributed by atoms with Gasteiger partial charge in [-0.05, 0) is 60.7 Å². The lowest BCUT2D eigenvalue weighted by atomic mass is 10.1. The van der Waals surface area contributed by atoms with Crippen LogP contribution < -0.4 is 0 Å². The van der Waals surface area contributed by atoms with Crippen molar-refractivity contribution in [3.8, 4) is 34.0 Å². The van der Waals surface area contributed by atoms with Crippen molar-refractivity contribution in [1.29, 1.82) is 0 Å². The van der Waals surface area contributed by atoms with Gasteiger partial charge in [0.15, 0.2) is 0 Å². The number of nitrogens with zero attached hydrogens (tertiary/aromatic N) is 5. The molecule has 0 radical (unpaired) electrons. The van der Waals surface area contributed by atoms with Gasteiger partial charge in [0.05, 0.1) is 27.9 Å². The van der Waals surface area contributed by atoms with Crippen LogP contribution in [0.15, 0.2) is 134 Å². The zero-order valence-electron chi connectivity index (χ0n) is 21.9. The van der Waals surface area contributed by atoms with Crippen LogP contribution in [0.25, 0.3) is 66.9 Å². The van der Waals surface area contributed by atoms with Crippen molar-refractivity contribution in [2.75, 3.05) is 0 Å². The van der Waals surface area contributed by atoms with E-state index in [0.717, 1.165) is 50.6 Å². The van der Waals surface area contributed by atoms with Crippen LogP contribution >= 0.6 is 0 Å². The molecule has 0 bridgehead atoms. The van der Waals surface area contributed by atoms with Crippen LogP contribution in [0.2, 0.25) is 0 Å². The molecule has 40 heavy (non-hydrogen) atoms. The van der Waals surface area contributed by atoms with E-state index in [0.29, 0.717) is 0 Å². The van der Waals surface area contributed by atoms with E-state index in [1.165, 1.54) is 16.3 Å². The number of para-hydroxylation sites is 2. The fraction of sp³-hybridized carbons (Fsp3) is 0.0286. The number of aromatic nitrogens is 5. The Bertz CT molecular complexity index is 2170. The number of rotatable bonds is 4. The Morgan fingerprint density at radius 1 is 0.600 bits per heavy atom. The van der Waals surface area contributed by atoms with Crippen molar-refractivity contribution in [3.05, 3.63) is 134 Å². The van der Waals surface area contributed by atoms with Gasteiger partial charge in [-0.25, -0.2) is 4.98 Å². The number of hydrogen-bond acceptors (Lipinski definition) is 2. The van der Waals surface area contributed by atoms with Crippen molar-refractivity contribution >= 4 is 32.8 Å². The second-order valence-corrected chi connectivity index (χ2v) is 10.1. The lowest BCUT2D eigenvalue weighted by Gasteiger charge is -2.11. The van der Waals surface area contributed by atoms with E-state index in [9.17, 15) is 0 Å².